The molecule has 1 aromatic carbocycles. The van der Waals surface area contributed by atoms with Crippen molar-refractivity contribution in [3.8, 4) is 5.75 Å². The van der Waals surface area contributed by atoms with E-state index in [1.165, 1.54) is 12.8 Å². The standard InChI is InChI=1S/C24H34N2O4S/c27-23(20-8-5-9-20)25-14-12-24(13-15-25)17-26(16-19-6-1-2-7-19)31(28,29)22-11-4-3-10-21(22)30-18-24/h3-4,10-11,19-20H,1-2,5-9,12-18H2. The van der Waals surface area contributed by atoms with E-state index < -0.39 is 10.0 Å². The maximum Gasteiger partial charge on any atom is 0.246 e. The molecule has 7 heteroatoms. The molecule has 1 saturated heterocycles. The summed E-state index contributed by atoms with van der Waals surface area (Å²) in [6.07, 6.45) is 9.41. The smallest absolute Gasteiger partial charge is 0.246 e. The summed E-state index contributed by atoms with van der Waals surface area (Å²) in [7, 11) is -3.62. The molecule has 0 atom stereocenters. The van der Waals surface area contributed by atoms with Gasteiger partial charge in [-0.3, -0.25) is 4.79 Å². The Morgan fingerprint density at radius 3 is 2.42 bits per heavy atom. The van der Waals surface area contributed by atoms with Gasteiger partial charge in [0, 0.05) is 37.5 Å². The number of nitrogens with zero attached hydrogens (tertiary/aromatic N) is 2. The van der Waals surface area contributed by atoms with Gasteiger partial charge in [0.1, 0.15) is 10.6 Å². The van der Waals surface area contributed by atoms with Gasteiger partial charge in [0.05, 0.1) is 6.61 Å². The number of sulfonamides is 1. The van der Waals surface area contributed by atoms with Crippen molar-refractivity contribution in [3.05, 3.63) is 24.3 Å². The third-order valence-corrected chi connectivity index (χ3v) is 9.89. The lowest BCUT2D eigenvalue weighted by molar-refractivity contribution is -0.141. The van der Waals surface area contributed by atoms with E-state index in [1.54, 1.807) is 22.5 Å². The average Bonchev–Trinajstić information content (AvgIpc) is 3.24. The topological polar surface area (TPSA) is 66.9 Å². The molecule has 1 spiro atoms. The van der Waals surface area contributed by atoms with Crippen LogP contribution in [0.4, 0.5) is 0 Å². The van der Waals surface area contributed by atoms with Crippen LogP contribution < -0.4 is 4.74 Å². The summed E-state index contributed by atoms with van der Waals surface area (Å²) < 4.78 is 35.3. The molecule has 2 heterocycles. The van der Waals surface area contributed by atoms with Crippen LogP contribution in [0.25, 0.3) is 0 Å². The molecule has 5 rings (SSSR count). The van der Waals surface area contributed by atoms with Crippen LogP contribution in [0.2, 0.25) is 0 Å². The third-order valence-electron chi connectivity index (χ3n) is 8.04. The molecule has 2 saturated carbocycles. The van der Waals surface area contributed by atoms with Crippen molar-refractivity contribution in [2.45, 2.75) is 62.7 Å². The lowest BCUT2D eigenvalue weighted by Gasteiger charge is -2.46. The lowest BCUT2D eigenvalue weighted by atomic mass is 9.77. The van der Waals surface area contributed by atoms with Gasteiger partial charge < -0.3 is 9.64 Å². The molecule has 0 radical (unpaired) electrons. The zero-order valence-corrected chi connectivity index (χ0v) is 19.1. The lowest BCUT2D eigenvalue weighted by Crippen LogP contribution is -2.54. The van der Waals surface area contributed by atoms with Gasteiger partial charge in [-0.1, -0.05) is 31.4 Å². The highest BCUT2D eigenvalue weighted by Crippen LogP contribution is 2.41. The molecule has 0 aromatic heterocycles. The summed E-state index contributed by atoms with van der Waals surface area (Å²) in [6, 6.07) is 7.05. The Hall–Kier alpha value is -1.60. The van der Waals surface area contributed by atoms with Crippen LogP contribution in [-0.4, -0.2) is 56.3 Å². The van der Waals surface area contributed by atoms with Crippen molar-refractivity contribution in [2.24, 2.45) is 17.3 Å². The molecule has 3 fully saturated rings. The first kappa shape index (κ1) is 21.3. The second kappa shape index (κ2) is 8.39. The molecular formula is C24H34N2O4S. The molecule has 170 valence electrons. The first-order valence-corrected chi connectivity index (χ1v) is 13.4. The van der Waals surface area contributed by atoms with Gasteiger partial charge in [-0.15, -0.1) is 0 Å². The minimum atomic E-state index is -3.62. The van der Waals surface area contributed by atoms with Gasteiger partial charge in [0.25, 0.3) is 0 Å². The molecule has 4 aliphatic rings. The largest absolute Gasteiger partial charge is 0.492 e. The van der Waals surface area contributed by atoms with E-state index in [4.69, 9.17) is 4.74 Å². The van der Waals surface area contributed by atoms with E-state index in [1.807, 2.05) is 11.0 Å². The molecule has 0 unspecified atom stereocenters. The normalized spacial score (nSPS) is 26.5. The van der Waals surface area contributed by atoms with Gasteiger partial charge in [-0.25, -0.2) is 8.42 Å². The number of ether oxygens (including phenoxy) is 1. The Morgan fingerprint density at radius 1 is 1.03 bits per heavy atom. The van der Waals surface area contributed by atoms with Crippen LogP contribution in [-0.2, 0) is 14.8 Å². The first-order chi connectivity index (χ1) is 15.0. The predicted molar refractivity (Wildman–Crippen MR) is 118 cm³/mol. The number of likely N-dealkylation sites (tertiary alicyclic amines) is 1. The maximum atomic E-state index is 13.7. The highest BCUT2D eigenvalue weighted by Gasteiger charge is 2.44. The number of amides is 1. The van der Waals surface area contributed by atoms with Gasteiger partial charge in [-0.05, 0) is 56.6 Å². The van der Waals surface area contributed by atoms with Gasteiger partial charge in [0.2, 0.25) is 15.9 Å². The van der Waals surface area contributed by atoms with Crippen LogP contribution in [0.3, 0.4) is 0 Å². The van der Waals surface area contributed by atoms with Crippen LogP contribution in [0.15, 0.2) is 29.2 Å². The highest BCUT2D eigenvalue weighted by atomic mass is 32.2. The quantitative estimate of drug-likeness (QED) is 0.711. The monoisotopic (exact) mass is 446 g/mol. The van der Waals surface area contributed by atoms with Crippen molar-refractivity contribution in [1.82, 2.24) is 9.21 Å². The molecular weight excluding hydrogens is 412 g/mol. The predicted octanol–water partition coefficient (Wildman–Crippen LogP) is 3.67. The number of rotatable bonds is 3. The van der Waals surface area contributed by atoms with Crippen LogP contribution in [0.1, 0.15) is 57.8 Å². The van der Waals surface area contributed by atoms with E-state index in [9.17, 15) is 13.2 Å². The fourth-order valence-electron chi connectivity index (χ4n) is 5.72. The van der Waals surface area contributed by atoms with Crippen LogP contribution >= 0.6 is 0 Å². The van der Waals surface area contributed by atoms with Crippen molar-refractivity contribution in [1.29, 1.82) is 0 Å². The Balaban J connectivity index is 1.39. The summed E-state index contributed by atoms with van der Waals surface area (Å²) >= 11 is 0. The second-order valence-electron chi connectivity index (χ2n) is 10.1. The van der Waals surface area contributed by atoms with Crippen molar-refractivity contribution in [2.75, 3.05) is 32.8 Å². The number of fused-ring (bicyclic) bond motifs is 1. The number of hydrogen-bond donors (Lipinski definition) is 0. The summed E-state index contributed by atoms with van der Waals surface area (Å²) in [5.74, 6) is 1.42. The minimum Gasteiger partial charge on any atom is -0.492 e. The second-order valence-corrected chi connectivity index (χ2v) is 12.0. The molecule has 6 nitrogen and oxygen atoms in total. The number of para-hydroxylation sites is 1. The molecule has 31 heavy (non-hydrogen) atoms. The Labute approximate surface area is 186 Å². The third kappa shape index (κ3) is 4.11. The van der Waals surface area contributed by atoms with E-state index >= 15 is 0 Å². The van der Waals surface area contributed by atoms with Crippen molar-refractivity contribution >= 4 is 15.9 Å². The zero-order valence-electron chi connectivity index (χ0n) is 18.3. The molecule has 0 bridgehead atoms. The summed E-state index contributed by atoms with van der Waals surface area (Å²) in [5, 5.41) is 0. The molecule has 1 aromatic rings. The van der Waals surface area contributed by atoms with Crippen molar-refractivity contribution in [3.63, 3.8) is 0 Å². The summed E-state index contributed by atoms with van der Waals surface area (Å²) in [4.78, 5) is 15.0. The number of piperidine rings is 1. The fourth-order valence-corrected chi connectivity index (χ4v) is 7.48. The number of hydrogen-bond acceptors (Lipinski definition) is 4. The van der Waals surface area contributed by atoms with Crippen LogP contribution in [0, 0.1) is 17.3 Å². The zero-order chi connectivity index (χ0) is 21.5. The van der Waals surface area contributed by atoms with Crippen molar-refractivity contribution < 1.29 is 17.9 Å². The van der Waals surface area contributed by atoms with Gasteiger partial charge in [0.15, 0.2) is 0 Å². The average molecular weight is 447 g/mol. The Bertz CT molecular complexity index is 913. The van der Waals surface area contributed by atoms with Crippen LogP contribution in [0.5, 0.6) is 5.75 Å². The van der Waals surface area contributed by atoms with E-state index in [0.29, 0.717) is 55.3 Å². The fraction of sp³-hybridized carbons (Fsp3) is 0.708. The molecule has 2 aliphatic carbocycles. The van der Waals surface area contributed by atoms with Gasteiger partial charge >= 0.3 is 0 Å². The number of carbonyl (C=O) groups excluding carboxylic acids is 1. The van der Waals surface area contributed by atoms with Gasteiger partial charge in [-0.2, -0.15) is 4.31 Å². The minimum absolute atomic E-state index is 0.216. The Morgan fingerprint density at radius 2 is 1.74 bits per heavy atom. The number of carbonyl (C=O) groups is 1. The summed E-state index contributed by atoms with van der Waals surface area (Å²) in [5.41, 5.74) is -0.240. The Kier molecular flexibility index (Phi) is 5.76. The SMILES string of the molecule is O=C(C1CCC1)N1CCC2(CC1)COc1ccccc1S(=O)(=O)N(CC1CCCC1)C2. The van der Waals surface area contributed by atoms with E-state index in [-0.39, 0.29) is 11.3 Å². The molecule has 1 amide bonds. The highest BCUT2D eigenvalue weighted by molar-refractivity contribution is 7.89. The van der Waals surface area contributed by atoms with E-state index in [0.717, 1.165) is 44.9 Å². The number of benzene rings is 1. The molecule has 0 N–H and O–H groups in total. The van der Waals surface area contributed by atoms with E-state index in [2.05, 4.69) is 0 Å². The first-order valence-electron chi connectivity index (χ1n) is 12.0. The summed E-state index contributed by atoms with van der Waals surface area (Å²) in [6.45, 7) is 3.01. The molecule has 2 aliphatic heterocycles. The maximum absolute atomic E-state index is 13.7.